The first-order valence-electron chi connectivity index (χ1n) is 11.9. The van der Waals surface area contributed by atoms with Crippen molar-refractivity contribution in [1.29, 1.82) is 0 Å². The van der Waals surface area contributed by atoms with Crippen molar-refractivity contribution in [3.63, 3.8) is 0 Å². The molecule has 0 unspecified atom stereocenters. The highest BCUT2D eigenvalue weighted by atomic mass is 32.1. The molecule has 0 bridgehead atoms. The third kappa shape index (κ3) is 4.96. The van der Waals surface area contributed by atoms with Crippen LogP contribution < -0.4 is 20.3 Å². The summed E-state index contributed by atoms with van der Waals surface area (Å²) in [4.78, 5) is 18.9. The van der Waals surface area contributed by atoms with Crippen LogP contribution in [0, 0.1) is 5.82 Å². The lowest BCUT2D eigenvalue weighted by molar-refractivity contribution is -0.119. The van der Waals surface area contributed by atoms with Gasteiger partial charge in [0.1, 0.15) is 24.2 Å². The molecule has 194 valence electrons. The second-order valence-corrected chi connectivity index (χ2v) is 9.03. The highest BCUT2D eigenvalue weighted by Gasteiger charge is 2.42. The number of nitrogens with one attached hydrogen (secondary N) is 2. The van der Waals surface area contributed by atoms with E-state index in [9.17, 15) is 9.18 Å². The summed E-state index contributed by atoms with van der Waals surface area (Å²) in [7, 11) is 2.99. The Bertz CT molecular complexity index is 1460. The molecule has 2 atom stereocenters. The number of anilines is 2. The summed E-state index contributed by atoms with van der Waals surface area (Å²) in [5, 5.41) is 6.75. The fourth-order valence-electron chi connectivity index (χ4n) is 4.69. The fraction of sp³-hybridized carbons (Fsp3) is 0.179. The Morgan fingerprint density at radius 1 is 1.08 bits per heavy atom. The Labute approximate surface area is 225 Å². The maximum atomic E-state index is 14.2. The van der Waals surface area contributed by atoms with Crippen LogP contribution in [-0.2, 0) is 9.53 Å². The Balaban J connectivity index is 1.63. The van der Waals surface area contributed by atoms with Crippen LogP contribution in [0.3, 0.4) is 0 Å². The number of nitrogens with zero attached hydrogens (tertiary/aromatic N) is 3. The van der Waals surface area contributed by atoms with E-state index < -0.39 is 0 Å². The molecule has 1 amide bonds. The zero-order valence-corrected chi connectivity index (χ0v) is 21.6. The number of ether oxygens (including phenoxy) is 2. The smallest absolute Gasteiger partial charge is 0.250 e. The van der Waals surface area contributed by atoms with Gasteiger partial charge in [-0.05, 0) is 72.9 Å². The number of methoxy groups -OCH3 is 2. The summed E-state index contributed by atoms with van der Waals surface area (Å²) < 4.78 is 26.5. The lowest BCUT2D eigenvalue weighted by atomic mass is 10.0. The van der Waals surface area contributed by atoms with E-state index in [1.54, 1.807) is 18.3 Å². The minimum atomic E-state index is -0.355. The molecule has 10 heteroatoms. The molecule has 0 aliphatic carbocycles. The number of amides is 1. The second-order valence-electron chi connectivity index (χ2n) is 8.65. The van der Waals surface area contributed by atoms with E-state index in [0.717, 1.165) is 17.1 Å². The quantitative estimate of drug-likeness (QED) is 0.317. The van der Waals surface area contributed by atoms with Crippen LogP contribution in [0.4, 0.5) is 15.8 Å². The maximum Gasteiger partial charge on any atom is 0.250 e. The third-order valence-corrected chi connectivity index (χ3v) is 6.59. The van der Waals surface area contributed by atoms with Gasteiger partial charge in [0.05, 0.1) is 24.5 Å². The van der Waals surface area contributed by atoms with Gasteiger partial charge in [0.2, 0.25) is 5.91 Å². The lowest BCUT2D eigenvalue weighted by Crippen LogP contribution is -2.30. The van der Waals surface area contributed by atoms with Gasteiger partial charge in [-0.3, -0.25) is 9.78 Å². The van der Waals surface area contributed by atoms with E-state index in [2.05, 4.69) is 15.6 Å². The predicted molar refractivity (Wildman–Crippen MR) is 147 cm³/mol. The Morgan fingerprint density at radius 3 is 2.68 bits per heavy atom. The highest BCUT2D eigenvalue weighted by molar-refractivity contribution is 7.80. The van der Waals surface area contributed by atoms with Crippen molar-refractivity contribution >= 4 is 34.6 Å². The Morgan fingerprint density at radius 2 is 1.95 bits per heavy atom. The van der Waals surface area contributed by atoms with E-state index in [-0.39, 0.29) is 30.4 Å². The van der Waals surface area contributed by atoms with Gasteiger partial charge in [0, 0.05) is 36.6 Å². The predicted octanol–water partition coefficient (Wildman–Crippen LogP) is 4.78. The molecule has 1 fully saturated rings. The molecule has 2 aromatic heterocycles. The summed E-state index contributed by atoms with van der Waals surface area (Å²) in [6.07, 6.45) is 3.63. The molecular formula is C28H26FN5O3S. The van der Waals surface area contributed by atoms with Crippen LogP contribution in [-0.4, -0.2) is 41.4 Å². The summed E-state index contributed by atoms with van der Waals surface area (Å²) >= 11 is 5.84. The first-order valence-corrected chi connectivity index (χ1v) is 12.3. The van der Waals surface area contributed by atoms with Crippen molar-refractivity contribution in [2.24, 2.45) is 0 Å². The van der Waals surface area contributed by atoms with Gasteiger partial charge in [-0.15, -0.1) is 0 Å². The van der Waals surface area contributed by atoms with Crippen molar-refractivity contribution in [2.45, 2.75) is 12.1 Å². The summed E-state index contributed by atoms with van der Waals surface area (Å²) in [5.74, 6) is -0.142. The van der Waals surface area contributed by atoms with E-state index in [1.165, 1.54) is 26.4 Å². The normalized spacial score (nSPS) is 16.8. The number of aromatic nitrogens is 2. The standard InChI is InChI=1S/C28H26FN5O3S/c1-36-17-25(35)31-22-16-20(11-12-24(22)37-2)34-27(26(32-28(34)38)21-9-3-4-13-30-21)23-10-6-14-33(23)19-8-5-7-18(29)15-19/h3-16,26-27H,17H2,1-2H3,(H,31,35)(H,32,38)/t26-,27-/m1/s1. The SMILES string of the molecule is COCC(=O)Nc1cc(N2C(=S)N[C@H](c3ccccn3)[C@H]2c2cccn2-c2cccc(F)c2)ccc1OC. The number of halogens is 1. The average Bonchev–Trinajstić information content (AvgIpc) is 3.53. The van der Waals surface area contributed by atoms with E-state index in [1.807, 2.05) is 64.2 Å². The largest absolute Gasteiger partial charge is 0.495 e. The van der Waals surface area contributed by atoms with Crippen LogP contribution in [0.25, 0.3) is 5.69 Å². The molecule has 4 aromatic rings. The first kappa shape index (κ1) is 25.4. The molecule has 1 saturated heterocycles. The second kappa shape index (κ2) is 11.0. The molecule has 0 radical (unpaired) electrons. The molecular weight excluding hydrogens is 505 g/mol. The van der Waals surface area contributed by atoms with Crippen molar-refractivity contribution < 1.29 is 18.7 Å². The van der Waals surface area contributed by atoms with Crippen LogP contribution in [0.2, 0.25) is 0 Å². The van der Waals surface area contributed by atoms with Gasteiger partial charge < -0.3 is 29.6 Å². The maximum absolute atomic E-state index is 14.2. The van der Waals surface area contributed by atoms with Crippen molar-refractivity contribution in [2.75, 3.05) is 31.0 Å². The van der Waals surface area contributed by atoms with Gasteiger partial charge in [0.15, 0.2) is 5.11 Å². The number of thiocarbonyl (C=S) groups is 1. The van der Waals surface area contributed by atoms with Crippen LogP contribution >= 0.6 is 12.2 Å². The van der Waals surface area contributed by atoms with Gasteiger partial charge >= 0.3 is 0 Å². The molecule has 2 N–H and O–H groups in total. The molecule has 2 aromatic carbocycles. The fourth-order valence-corrected chi connectivity index (χ4v) is 5.04. The number of carbonyl (C=O) groups excluding carboxylic acids is 1. The topological polar surface area (TPSA) is 80.7 Å². The van der Waals surface area contributed by atoms with Gasteiger partial charge in [0.25, 0.3) is 0 Å². The highest BCUT2D eigenvalue weighted by Crippen LogP contribution is 2.43. The Hall–Kier alpha value is -4.28. The zero-order valence-electron chi connectivity index (χ0n) is 20.8. The van der Waals surface area contributed by atoms with E-state index in [4.69, 9.17) is 21.7 Å². The first-order chi connectivity index (χ1) is 18.5. The molecule has 8 nitrogen and oxygen atoms in total. The molecule has 0 saturated carbocycles. The minimum absolute atomic E-state index is 0.0947. The number of benzene rings is 2. The van der Waals surface area contributed by atoms with Crippen LogP contribution in [0.15, 0.2) is 85.2 Å². The number of hydrogen-bond donors (Lipinski definition) is 2. The Kier molecular flexibility index (Phi) is 7.34. The number of rotatable bonds is 8. The van der Waals surface area contributed by atoms with Gasteiger partial charge in [-0.2, -0.15) is 0 Å². The lowest BCUT2D eigenvalue weighted by Gasteiger charge is -2.29. The molecule has 5 rings (SSSR count). The van der Waals surface area contributed by atoms with Gasteiger partial charge in [-0.25, -0.2) is 4.39 Å². The third-order valence-electron chi connectivity index (χ3n) is 6.28. The summed E-state index contributed by atoms with van der Waals surface area (Å²) in [5.41, 5.74) is 3.57. The van der Waals surface area contributed by atoms with Crippen LogP contribution in [0.1, 0.15) is 23.5 Å². The summed E-state index contributed by atoms with van der Waals surface area (Å²) in [6, 6.07) is 20.9. The molecule has 3 heterocycles. The average molecular weight is 532 g/mol. The van der Waals surface area contributed by atoms with Crippen LogP contribution in [0.5, 0.6) is 5.75 Å². The molecule has 0 spiro atoms. The molecule has 1 aliphatic rings. The number of carbonyl (C=O) groups is 1. The van der Waals surface area contributed by atoms with E-state index >= 15 is 0 Å². The van der Waals surface area contributed by atoms with Gasteiger partial charge in [-0.1, -0.05) is 12.1 Å². The number of pyridine rings is 1. The van der Waals surface area contributed by atoms with E-state index in [0.29, 0.717) is 22.2 Å². The van der Waals surface area contributed by atoms with Crippen molar-refractivity contribution in [3.05, 3.63) is 102 Å². The minimum Gasteiger partial charge on any atom is -0.495 e. The monoisotopic (exact) mass is 531 g/mol. The summed E-state index contributed by atoms with van der Waals surface area (Å²) in [6.45, 7) is -0.0947. The zero-order chi connectivity index (χ0) is 26.6. The van der Waals surface area contributed by atoms with Crippen molar-refractivity contribution in [1.82, 2.24) is 14.9 Å². The molecule has 1 aliphatic heterocycles. The number of hydrogen-bond acceptors (Lipinski definition) is 5. The van der Waals surface area contributed by atoms with Crippen molar-refractivity contribution in [3.8, 4) is 11.4 Å². The molecule has 38 heavy (non-hydrogen) atoms.